The highest BCUT2D eigenvalue weighted by atomic mass is 16.6. The Morgan fingerprint density at radius 3 is 2.58 bits per heavy atom. The van der Waals surface area contributed by atoms with E-state index in [1.165, 1.54) is 0 Å². The molecule has 4 aliphatic carbocycles. The minimum atomic E-state index is -0.649. The second-order valence-corrected chi connectivity index (χ2v) is 7.70. The maximum absolute atomic E-state index is 12.0. The first-order chi connectivity index (χ1) is 8.68. The second kappa shape index (κ2) is 3.63. The minimum absolute atomic E-state index is 0.0212. The largest absolute Gasteiger partial charge is 0.455 e. The molecule has 0 aromatic heterocycles. The van der Waals surface area contributed by atoms with E-state index in [1.807, 2.05) is 6.92 Å². The summed E-state index contributed by atoms with van der Waals surface area (Å²) >= 11 is 0. The molecule has 3 heteroatoms. The number of rotatable bonds is 2. The lowest BCUT2D eigenvalue weighted by atomic mass is 9.43. The van der Waals surface area contributed by atoms with Crippen LogP contribution in [0.25, 0.3) is 0 Å². The molecule has 0 aromatic rings. The number of hydrogen-bond donors (Lipinski definition) is 1. The Morgan fingerprint density at radius 1 is 1.32 bits per heavy atom. The molecule has 4 rings (SSSR count). The molecule has 4 saturated carbocycles. The van der Waals surface area contributed by atoms with E-state index in [0.29, 0.717) is 11.5 Å². The highest BCUT2D eigenvalue weighted by molar-refractivity contribution is 5.87. The van der Waals surface area contributed by atoms with Crippen molar-refractivity contribution < 1.29 is 14.6 Å². The van der Waals surface area contributed by atoms with Crippen molar-refractivity contribution in [1.29, 1.82) is 0 Å². The van der Waals surface area contributed by atoms with E-state index in [9.17, 15) is 9.90 Å². The summed E-state index contributed by atoms with van der Waals surface area (Å²) in [6.45, 7) is 9.64. The first-order valence-electron chi connectivity index (χ1n) is 7.29. The maximum atomic E-state index is 12.0. The molecule has 4 aliphatic rings. The molecular weight excluding hydrogens is 240 g/mol. The predicted octanol–water partition coefficient (Wildman–Crippen LogP) is 2.83. The number of aliphatic hydroxyl groups is 1. The standard InChI is InChI=1S/C16H24O3/c1-10(2)13(17)19-16-7-12-5-14(4,9-16)8-15(18,6-12)11(16)3/h11-12,18H,1,5-9H2,2-4H3. The third kappa shape index (κ3) is 1.78. The van der Waals surface area contributed by atoms with Gasteiger partial charge in [0.05, 0.1) is 5.60 Å². The summed E-state index contributed by atoms with van der Waals surface area (Å²) in [6, 6.07) is 0. The third-order valence-electron chi connectivity index (χ3n) is 5.76. The number of esters is 1. The van der Waals surface area contributed by atoms with E-state index >= 15 is 0 Å². The Hall–Kier alpha value is -0.830. The maximum Gasteiger partial charge on any atom is 0.333 e. The van der Waals surface area contributed by atoms with Gasteiger partial charge in [0.2, 0.25) is 0 Å². The number of hydrogen-bond acceptors (Lipinski definition) is 3. The van der Waals surface area contributed by atoms with Gasteiger partial charge >= 0.3 is 5.97 Å². The summed E-state index contributed by atoms with van der Waals surface area (Å²) < 4.78 is 5.86. The molecule has 5 unspecified atom stereocenters. The van der Waals surface area contributed by atoms with Gasteiger partial charge in [-0.1, -0.05) is 20.4 Å². The fraction of sp³-hybridized carbons (Fsp3) is 0.812. The summed E-state index contributed by atoms with van der Waals surface area (Å²) in [7, 11) is 0. The molecule has 0 heterocycles. The van der Waals surface area contributed by atoms with Crippen LogP contribution in [0.2, 0.25) is 0 Å². The van der Waals surface area contributed by atoms with Crippen molar-refractivity contribution in [3.05, 3.63) is 12.2 Å². The molecule has 0 aromatic carbocycles. The topological polar surface area (TPSA) is 46.5 Å². The third-order valence-corrected chi connectivity index (χ3v) is 5.76. The predicted molar refractivity (Wildman–Crippen MR) is 72.4 cm³/mol. The molecule has 19 heavy (non-hydrogen) atoms. The fourth-order valence-corrected chi connectivity index (χ4v) is 5.30. The lowest BCUT2D eigenvalue weighted by molar-refractivity contribution is -0.269. The SMILES string of the molecule is C=C(C)C(=O)OC12CC3CC(C)(CC(O)(C3)C1C)C2. The van der Waals surface area contributed by atoms with Crippen molar-refractivity contribution in [2.24, 2.45) is 17.3 Å². The van der Waals surface area contributed by atoms with Gasteiger partial charge in [0.15, 0.2) is 0 Å². The quantitative estimate of drug-likeness (QED) is 0.616. The van der Waals surface area contributed by atoms with Crippen LogP contribution >= 0.6 is 0 Å². The number of ether oxygens (including phenoxy) is 1. The van der Waals surface area contributed by atoms with Gasteiger partial charge in [0.1, 0.15) is 5.60 Å². The van der Waals surface area contributed by atoms with E-state index < -0.39 is 11.2 Å². The zero-order valence-corrected chi connectivity index (χ0v) is 12.2. The Labute approximate surface area is 115 Å². The van der Waals surface area contributed by atoms with Crippen LogP contribution in [0.3, 0.4) is 0 Å². The molecular formula is C16H24O3. The van der Waals surface area contributed by atoms with Crippen molar-refractivity contribution in [1.82, 2.24) is 0 Å². The van der Waals surface area contributed by atoms with Crippen LogP contribution in [0.4, 0.5) is 0 Å². The second-order valence-electron chi connectivity index (χ2n) is 7.70. The molecule has 0 spiro atoms. The Kier molecular flexibility index (Phi) is 2.52. The fourth-order valence-electron chi connectivity index (χ4n) is 5.30. The molecule has 1 N–H and O–H groups in total. The van der Waals surface area contributed by atoms with Crippen molar-refractivity contribution in [2.45, 2.75) is 64.1 Å². The highest BCUT2D eigenvalue weighted by Gasteiger charge is 2.67. The number of carbonyl (C=O) groups excluding carboxylic acids is 1. The van der Waals surface area contributed by atoms with Gasteiger partial charge in [-0.05, 0) is 50.4 Å². The van der Waals surface area contributed by atoms with Crippen molar-refractivity contribution in [2.75, 3.05) is 0 Å². The Morgan fingerprint density at radius 2 is 2.00 bits per heavy atom. The smallest absolute Gasteiger partial charge is 0.333 e. The average molecular weight is 264 g/mol. The van der Waals surface area contributed by atoms with Crippen LogP contribution in [0.1, 0.15) is 52.9 Å². The normalized spacial score (nSPS) is 51.2. The van der Waals surface area contributed by atoms with Gasteiger partial charge in [-0.2, -0.15) is 0 Å². The summed E-state index contributed by atoms with van der Waals surface area (Å²) in [5, 5.41) is 10.9. The van der Waals surface area contributed by atoms with Crippen LogP contribution in [0.5, 0.6) is 0 Å². The van der Waals surface area contributed by atoms with E-state index in [4.69, 9.17) is 4.74 Å². The average Bonchev–Trinajstić information content (AvgIpc) is 2.22. The first-order valence-corrected chi connectivity index (χ1v) is 7.29. The zero-order valence-electron chi connectivity index (χ0n) is 12.2. The molecule has 0 saturated heterocycles. The molecule has 3 nitrogen and oxygen atoms in total. The van der Waals surface area contributed by atoms with E-state index in [0.717, 1.165) is 32.1 Å². The van der Waals surface area contributed by atoms with Gasteiger partial charge < -0.3 is 9.84 Å². The van der Waals surface area contributed by atoms with Crippen molar-refractivity contribution in [3.8, 4) is 0 Å². The van der Waals surface area contributed by atoms with Gasteiger partial charge in [0, 0.05) is 11.5 Å². The van der Waals surface area contributed by atoms with E-state index in [1.54, 1.807) is 6.92 Å². The van der Waals surface area contributed by atoms with E-state index in [2.05, 4.69) is 13.5 Å². The Bertz CT molecular complexity index is 457. The zero-order chi connectivity index (χ0) is 14.1. The van der Waals surface area contributed by atoms with Crippen LogP contribution < -0.4 is 0 Å². The van der Waals surface area contributed by atoms with Gasteiger partial charge in [0.25, 0.3) is 0 Å². The molecule has 4 bridgehead atoms. The lowest BCUT2D eigenvalue weighted by Crippen LogP contribution is -2.68. The molecule has 0 aliphatic heterocycles. The van der Waals surface area contributed by atoms with Crippen molar-refractivity contribution >= 4 is 5.97 Å². The summed E-state index contributed by atoms with van der Waals surface area (Å²) in [5.41, 5.74) is -0.555. The minimum Gasteiger partial charge on any atom is -0.455 e. The van der Waals surface area contributed by atoms with Crippen LogP contribution in [-0.4, -0.2) is 22.3 Å². The molecule has 0 amide bonds. The van der Waals surface area contributed by atoms with E-state index in [-0.39, 0.29) is 17.3 Å². The summed E-state index contributed by atoms with van der Waals surface area (Å²) in [4.78, 5) is 12.0. The summed E-state index contributed by atoms with van der Waals surface area (Å²) in [5.74, 6) is 0.209. The highest BCUT2D eigenvalue weighted by Crippen LogP contribution is 2.66. The number of carbonyl (C=O) groups is 1. The van der Waals surface area contributed by atoms with Crippen LogP contribution in [-0.2, 0) is 9.53 Å². The molecule has 0 radical (unpaired) electrons. The van der Waals surface area contributed by atoms with Crippen molar-refractivity contribution in [3.63, 3.8) is 0 Å². The monoisotopic (exact) mass is 264 g/mol. The Balaban J connectivity index is 1.96. The molecule has 106 valence electrons. The van der Waals surface area contributed by atoms with Gasteiger partial charge in [-0.15, -0.1) is 0 Å². The molecule has 4 fully saturated rings. The lowest BCUT2D eigenvalue weighted by Gasteiger charge is -2.66. The van der Waals surface area contributed by atoms with Gasteiger partial charge in [-0.25, -0.2) is 4.79 Å². The summed E-state index contributed by atoms with van der Waals surface area (Å²) in [6.07, 6.45) is 4.68. The van der Waals surface area contributed by atoms with Crippen LogP contribution in [0.15, 0.2) is 12.2 Å². The van der Waals surface area contributed by atoms with Crippen LogP contribution in [0, 0.1) is 17.3 Å². The van der Waals surface area contributed by atoms with Gasteiger partial charge in [-0.3, -0.25) is 0 Å². The molecule has 5 atom stereocenters. The first kappa shape index (κ1) is 13.2.